The first-order valence-electron chi connectivity index (χ1n) is 7.77. The van der Waals surface area contributed by atoms with E-state index in [1.165, 1.54) is 6.07 Å². The molecular weight excluding hydrogens is 302 g/mol. The Morgan fingerprint density at radius 1 is 1.25 bits per heavy atom. The molecule has 1 N–H and O–H groups in total. The molecular formula is C19H15N3O2. The summed E-state index contributed by atoms with van der Waals surface area (Å²) < 4.78 is 0. The van der Waals surface area contributed by atoms with Gasteiger partial charge in [-0.15, -0.1) is 0 Å². The van der Waals surface area contributed by atoms with Crippen molar-refractivity contribution in [3.8, 4) is 6.07 Å². The van der Waals surface area contributed by atoms with Crippen LogP contribution in [0.3, 0.4) is 0 Å². The highest BCUT2D eigenvalue weighted by molar-refractivity contribution is 6.28. The number of ketones is 1. The molecule has 0 aromatic heterocycles. The van der Waals surface area contributed by atoms with Gasteiger partial charge < -0.3 is 10.0 Å². The van der Waals surface area contributed by atoms with Crippen molar-refractivity contribution < 1.29 is 9.90 Å². The van der Waals surface area contributed by atoms with Gasteiger partial charge in [0.2, 0.25) is 5.78 Å². The lowest BCUT2D eigenvalue weighted by molar-refractivity contribution is 0.0602. The monoisotopic (exact) mass is 317 g/mol. The van der Waals surface area contributed by atoms with Crippen molar-refractivity contribution in [3.63, 3.8) is 0 Å². The van der Waals surface area contributed by atoms with Crippen LogP contribution in [0.2, 0.25) is 0 Å². The van der Waals surface area contributed by atoms with Crippen molar-refractivity contribution in [1.29, 1.82) is 5.26 Å². The lowest BCUT2D eigenvalue weighted by Gasteiger charge is -2.29. The van der Waals surface area contributed by atoms with Gasteiger partial charge in [0.1, 0.15) is 5.84 Å². The van der Waals surface area contributed by atoms with Gasteiger partial charge in [0.25, 0.3) is 0 Å². The third-order valence-electron chi connectivity index (χ3n) is 4.64. The van der Waals surface area contributed by atoms with Gasteiger partial charge in [-0.1, -0.05) is 17.7 Å². The zero-order chi connectivity index (χ0) is 16.9. The summed E-state index contributed by atoms with van der Waals surface area (Å²) in [5.74, 6) is -0.0113. The zero-order valence-corrected chi connectivity index (χ0v) is 13.2. The molecule has 2 aromatic carbocycles. The molecule has 1 saturated heterocycles. The molecule has 5 nitrogen and oxygen atoms in total. The fraction of sp³-hybridized carbons (Fsp3) is 0.211. The molecule has 1 atom stereocenters. The summed E-state index contributed by atoms with van der Waals surface area (Å²) >= 11 is 0. The van der Waals surface area contributed by atoms with Crippen molar-refractivity contribution in [2.75, 3.05) is 11.4 Å². The lowest BCUT2D eigenvalue weighted by Crippen LogP contribution is -2.48. The van der Waals surface area contributed by atoms with Crippen molar-refractivity contribution in [2.45, 2.75) is 18.9 Å². The SMILES string of the molecule is Cc1ccc(N2CC[C@@]3(O)C(=O)c4cc(C#N)ccc4N=C23)cc1. The molecule has 0 amide bonds. The van der Waals surface area contributed by atoms with Gasteiger partial charge in [0, 0.05) is 24.2 Å². The highest BCUT2D eigenvalue weighted by atomic mass is 16.3. The maximum absolute atomic E-state index is 12.9. The first kappa shape index (κ1) is 14.6. The van der Waals surface area contributed by atoms with E-state index in [1.54, 1.807) is 12.1 Å². The molecule has 2 aliphatic rings. The van der Waals surface area contributed by atoms with Gasteiger partial charge in [-0.3, -0.25) is 4.79 Å². The van der Waals surface area contributed by atoms with E-state index in [0.717, 1.165) is 11.3 Å². The number of benzene rings is 2. The minimum Gasteiger partial charge on any atom is -0.374 e. The van der Waals surface area contributed by atoms with Crippen LogP contribution in [0.15, 0.2) is 47.5 Å². The number of aliphatic hydroxyl groups is 1. The van der Waals surface area contributed by atoms with Crippen molar-refractivity contribution in [1.82, 2.24) is 0 Å². The first-order chi connectivity index (χ1) is 11.5. The molecule has 118 valence electrons. The van der Waals surface area contributed by atoms with Gasteiger partial charge in [-0.2, -0.15) is 5.26 Å². The van der Waals surface area contributed by atoms with Crippen molar-refractivity contribution in [3.05, 3.63) is 59.2 Å². The molecule has 0 bridgehead atoms. The van der Waals surface area contributed by atoms with E-state index in [1.807, 2.05) is 42.2 Å². The average molecular weight is 317 g/mol. The quantitative estimate of drug-likeness (QED) is 0.877. The van der Waals surface area contributed by atoms with Crippen LogP contribution in [-0.4, -0.2) is 28.9 Å². The number of nitriles is 1. The maximum atomic E-state index is 12.9. The predicted octanol–water partition coefficient (Wildman–Crippen LogP) is 2.73. The minimum absolute atomic E-state index is 0.286. The van der Waals surface area contributed by atoms with E-state index in [4.69, 9.17) is 5.26 Å². The van der Waals surface area contributed by atoms with Gasteiger partial charge in [-0.25, -0.2) is 4.99 Å². The third-order valence-corrected chi connectivity index (χ3v) is 4.64. The number of fused-ring (bicyclic) bond motifs is 2. The third kappa shape index (κ3) is 1.97. The molecule has 0 spiro atoms. The van der Waals surface area contributed by atoms with Gasteiger partial charge in [0.15, 0.2) is 5.60 Å². The number of Topliss-reactive ketones (excluding diaryl/α,β-unsaturated/α-hetero) is 1. The predicted molar refractivity (Wildman–Crippen MR) is 90.7 cm³/mol. The second-order valence-electron chi connectivity index (χ2n) is 6.21. The summed E-state index contributed by atoms with van der Waals surface area (Å²) in [7, 11) is 0. The number of hydrogen-bond donors (Lipinski definition) is 1. The Morgan fingerprint density at radius 3 is 2.71 bits per heavy atom. The molecule has 24 heavy (non-hydrogen) atoms. The molecule has 2 heterocycles. The number of carbonyl (C=O) groups is 1. The Kier molecular flexibility index (Phi) is 3.05. The van der Waals surface area contributed by atoms with Crippen LogP contribution in [0.1, 0.15) is 27.9 Å². The van der Waals surface area contributed by atoms with Crippen LogP contribution in [0, 0.1) is 18.3 Å². The molecule has 2 aliphatic heterocycles. The second-order valence-corrected chi connectivity index (χ2v) is 6.21. The van der Waals surface area contributed by atoms with Crippen LogP contribution in [-0.2, 0) is 0 Å². The number of aliphatic imine (C=N–C) groups is 1. The Bertz CT molecular complexity index is 925. The van der Waals surface area contributed by atoms with E-state index < -0.39 is 5.60 Å². The molecule has 2 aromatic rings. The zero-order valence-electron chi connectivity index (χ0n) is 13.2. The van der Waals surface area contributed by atoms with E-state index in [0.29, 0.717) is 29.2 Å². The van der Waals surface area contributed by atoms with Crippen LogP contribution < -0.4 is 4.90 Å². The van der Waals surface area contributed by atoms with Crippen LogP contribution >= 0.6 is 0 Å². The fourth-order valence-electron chi connectivity index (χ4n) is 3.28. The Hall–Kier alpha value is -2.97. The normalized spacial score (nSPS) is 21.8. The number of amidine groups is 1. The molecule has 1 fully saturated rings. The van der Waals surface area contributed by atoms with Crippen LogP contribution in [0.25, 0.3) is 0 Å². The highest BCUT2D eigenvalue weighted by Gasteiger charge is 2.52. The Labute approximate surface area is 139 Å². The summed E-state index contributed by atoms with van der Waals surface area (Å²) in [5.41, 5.74) is 1.62. The number of nitrogens with zero attached hydrogens (tertiary/aromatic N) is 3. The molecule has 5 heteroatoms. The van der Waals surface area contributed by atoms with E-state index in [2.05, 4.69) is 4.99 Å². The Morgan fingerprint density at radius 2 is 2.00 bits per heavy atom. The van der Waals surface area contributed by atoms with E-state index in [9.17, 15) is 9.90 Å². The van der Waals surface area contributed by atoms with Crippen LogP contribution in [0.4, 0.5) is 11.4 Å². The number of anilines is 1. The maximum Gasteiger partial charge on any atom is 0.204 e. The fourth-order valence-corrected chi connectivity index (χ4v) is 3.28. The average Bonchev–Trinajstić information content (AvgIpc) is 2.94. The standard InChI is InChI=1S/C19H15N3O2/c1-12-2-5-14(6-3-12)22-9-8-19(24)17(23)15-10-13(11-20)4-7-16(15)21-18(19)22/h2-7,10,24H,8-9H2,1H3/t19-/m1/s1. The van der Waals surface area contributed by atoms with Crippen LogP contribution in [0.5, 0.6) is 0 Å². The number of hydrogen-bond acceptors (Lipinski definition) is 5. The summed E-state index contributed by atoms with van der Waals surface area (Å²) in [5, 5.41) is 20.0. The molecule has 0 unspecified atom stereocenters. The number of aryl methyl sites for hydroxylation is 1. The van der Waals surface area contributed by atoms with Gasteiger partial charge >= 0.3 is 0 Å². The van der Waals surface area contributed by atoms with Gasteiger partial charge in [-0.05, 0) is 37.3 Å². The second kappa shape index (κ2) is 5.02. The highest BCUT2D eigenvalue weighted by Crippen LogP contribution is 2.39. The Balaban J connectivity index is 1.85. The number of carbonyl (C=O) groups excluding carboxylic acids is 1. The van der Waals surface area contributed by atoms with E-state index >= 15 is 0 Å². The topological polar surface area (TPSA) is 76.7 Å². The molecule has 0 aliphatic carbocycles. The van der Waals surface area contributed by atoms with Gasteiger partial charge in [0.05, 0.1) is 17.3 Å². The molecule has 4 rings (SSSR count). The lowest BCUT2D eigenvalue weighted by atomic mass is 9.87. The summed E-state index contributed by atoms with van der Waals surface area (Å²) in [6.45, 7) is 2.53. The summed E-state index contributed by atoms with van der Waals surface area (Å²) in [6.07, 6.45) is 0.286. The molecule has 0 radical (unpaired) electrons. The summed E-state index contributed by atoms with van der Waals surface area (Å²) in [4.78, 5) is 19.3. The molecule has 0 saturated carbocycles. The van der Waals surface area contributed by atoms with E-state index in [-0.39, 0.29) is 12.2 Å². The largest absolute Gasteiger partial charge is 0.374 e. The van der Waals surface area contributed by atoms with Crippen molar-refractivity contribution in [2.24, 2.45) is 4.99 Å². The summed E-state index contributed by atoms with van der Waals surface area (Å²) in [6, 6.07) is 14.7. The van der Waals surface area contributed by atoms with Crippen molar-refractivity contribution >= 4 is 23.0 Å². The minimum atomic E-state index is -1.62. The smallest absolute Gasteiger partial charge is 0.204 e. The first-order valence-corrected chi connectivity index (χ1v) is 7.77. The number of rotatable bonds is 1.